The van der Waals surface area contributed by atoms with Crippen LogP contribution in [0.1, 0.15) is 19.2 Å². The van der Waals surface area contributed by atoms with Crippen LogP contribution in [-0.2, 0) is 13.0 Å². The van der Waals surface area contributed by atoms with Gasteiger partial charge in [0.05, 0.1) is 6.17 Å². The van der Waals surface area contributed by atoms with Gasteiger partial charge in [-0.25, -0.2) is 4.98 Å². The number of imidazole rings is 1. The largest absolute Gasteiger partial charge is 0.335 e. The van der Waals surface area contributed by atoms with Gasteiger partial charge in [0.15, 0.2) is 0 Å². The highest BCUT2D eigenvalue weighted by Gasteiger charge is 2.00. The third-order valence-electron chi connectivity index (χ3n) is 1.82. The van der Waals surface area contributed by atoms with Gasteiger partial charge in [-0.2, -0.15) is 0 Å². The molecule has 0 fully saturated rings. The summed E-state index contributed by atoms with van der Waals surface area (Å²) in [4.78, 5) is 4.19. The summed E-state index contributed by atoms with van der Waals surface area (Å²) in [6.07, 6.45) is 5.29. The second kappa shape index (κ2) is 4.23. The summed E-state index contributed by atoms with van der Waals surface area (Å²) in [5.74, 6) is 1.09. The molecule has 0 amide bonds. The Bertz CT molecular complexity index is 229. The molecule has 0 saturated heterocycles. The highest BCUT2D eigenvalue weighted by atomic mass is 15.1. The van der Waals surface area contributed by atoms with Crippen molar-refractivity contribution in [3.05, 3.63) is 18.2 Å². The van der Waals surface area contributed by atoms with Crippen LogP contribution < -0.4 is 11.5 Å². The Morgan fingerprint density at radius 1 is 1.58 bits per heavy atom. The molecule has 1 heterocycles. The maximum Gasteiger partial charge on any atom is 0.108 e. The number of aryl methyl sites for hydroxylation is 2. The molecule has 4 N–H and O–H groups in total. The van der Waals surface area contributed by atoms with Crippen LogP contribution in [0, 0.1) is 0 Å². The second-order valence-corrected chi connectivity index (χ2v) is 2.84. The zero-order valence-corrected chi connectivity index (χ0v) is 7.40. The lowest BCUT2D eigenvalue weighted by atomic mass is 10.3. The van der Waals surface area contributed by atoms with Crippen molar-refractivity contribution >= 4 is 0 Å². The Morgan fingerprint density at radius 3 is 2.92 bits per heavy atom. The standard InChI is InChI=1S/C8H16N4/c1-2-8-11-4-6-12(8)5-3-7(9)10/h4,6-7H,2-3,5,9-10H2,1H3. The fourth-order valence-electron chi connectivity index (χ4n) is 1.15. The van der Waals surface area contributed by atoms with Gasteiger partial charge >= 0.3 is 0 Å². The highest BCUT2D eigenvalue weighted by molar-refractivity contribution is 4.91. The molecule has 0 atom stereocenters. The third-order valence-corrected chi connectivity index (χ3v) is 1.82. The fraction of sp³-hybridized carbons (Fsp3) is 0.625. The number of hydrogen-bond acceptors (Lipinski definition) is 3. The minimum atomic E-state index is -0.225. The van der Waals surface area contributed by atoms with Crippen molar-refractivity contribution in [2.24, 2.45) is 11.5 Å². The predicted molar refractivity (Wildman–Crippen MR) is 48.4 cm³/mol. The normalized spacial score (nSPS) is 11.0. The van der Waals surface area contributed by atoms with Gasteiger partial charge in [-0.3, -0.25) is 0 Å². The average molecular weight is 168 g/mol. The van der Waals surface area contributed by atoms with E-state index in [9.17, 15) is 0 Å². The lowest BCUT2D eigenvalue weighted by Gasteiger charge is -2.08. The first-order valence-corrected chi connectivity index (χ1v) is 4.25. The van der Waals surface area contributed by atoms with Crippen LogP contribution in [0.5, 0.6) is 0 Å². The van der Waals surface area contributed by atoms with E-state index in [2.05, 4.69) is 16.5 Å². The zero-order valence-electron chi connectivity index (χ0n) is 7.40. The van der Waals surface area contributed by atoms with E-state index in [1.54, 1.807) is 6.20 Å². The molecule has 0 radical (unpaired) electrons. The number of rotatable bonds is 4. The van der Waals surface area contributed by atoms with Crippen LogP contribution >= 0.6 is 0 Å². The fourth-order valence-corrected chi connectivity index (χ4v) is 1.15. The van der Waals surface area contributed by atoms with Crippen LogP contribution in [0.4, 0.5) is 0 Å². The summed E-state index contributed by atoms with van der Waals surface area (Å²) in [7, 11) is 0. The molecule has 0 aromatic carbocycles. The second-order valence-electron chi connectivity index (χ2n) is 2.84. The number of aromatic nitrogens is 2. The van der Waals surface area contributed by atoms with E-state index >= 15 is 0 Å². The Balaban J connectivity index is 2.50. The molecule has 0 aliphatic heterocycles. The van der Waals surface area contributed by atoms with E-state index in [1.807, 2.05) is 6.20 Å². The molecule has 68 valence electrons. The van der Waals surface area contributed by atoms with Crippen molar-refractivity contribution in [2.75, 3.05) is 0 Å². The lowest BCUT2D eigenvalue weighted by molar-refractivity contribution is 0.542. The molecule has 1 aromatic heterocycles. The van der Waals surface area contributed by atoms with Crippen molar-refractivity contribution in [1.82, 2.24) is 9.55 Å². The van der Waals surface area contributed by atoms with Gasteiger partial charge in [0.1, 0.15) is 5.82 Å². The molecule has 0 aliphatic rings. The molecule has 0 saturated carbocycles. The first-order chi connectivity index (χ1) is 5.74. The number of nitrogens with zero attached hydrogens (tertiary/aromatic N) is 2. The maximum absolute atomic E-state index is 5.44. The molecule has 0 spiro atoms. The molecule has 12 heavy (non-hydrogen) atoms. The molecule has 0 bridgehead atoms. The topological polar surface area (TPSA) is 69.9 Å². The van der Waals surface area contributed by atoms with E-state index in [4.69, 9.17) is 11.5 Å². The first-order valence-electron chi connectivity index (χ1n) is 4.25. The van der Waals surface area contributed by atoms with E-state index in [0.29, 0.717) is 0 Å². The molecule has 0 aliphatic carbocycles. The van der Waals surface area contributed by atoms with E-state index in [-0.39, 0.29) is 6.17 Å². The van der Waals surface area contributed by atoms with Crippen molar-refractivity contribution in [2.45, 2.75) is 32.5 Å². The van der Waals surface area contributed by atoms with E-state index in [0.717, 1.165) is 25.2 Å². The van der Waals surface area contributed by atoms with Crippen LogP contribution in [0.3, 0.4) is 0 Å². The Morgan fingerprint density at radius 2 is 2.33 bits per heavy atom. The summed E-state index contributed by atoms with van der Waals surface area (Å²) in [6.45, 7) is 2.95. The van der Waals surface area contributed by atoms with Crippen LogP contribution in [0.2, 0.25) is 0 Å². The van der Waals surface area contributed by atoms with Crippen molar-refractivity contribution in [1.29, 1.82) is 0 Å². The molecule has 4 heteroatoms. The summed E-state index contributed by atoms with van der Waals surface area (Å²) >= 11 is 0. The Kier molecular flexibility index (Phi) is 3.25. The van der Waals surface area contributed by atoms with Crippen molar-refractivity contribution in [3.8, 4) is 0 Å². The van der Waals surface area contributed by atoms with Crippen LogP contribution in [0.25, 0.3) is 0 Å². The van der Waals surface area contributed by atoms with Crippen molar-refractivity contribution in [3.63, 3.8) is 0 Å². The molecule has 1 rings (SSSR count). The minimum absolute atomic E-state index is 0.225. The van der Waals surface area contributed by atoms with Gasteiger partial charge < -0.3 is 16.0 Å². The quantitative estimate of drug-likeness (QED) is 0.625. The van der Waals surface area contributed by atoms with Gasteiger partial charge in [-0.1, -0.05) is 6.92 Å². The molecular weight excluding hydrogens is 152 g/mol. The summed E-state index contributed by atoms with van der Waals surface area (Å²) < 4.78 is 2.09. The number of nitrogens with two attached hydrogens (primary N) is 2. The van der Waals surface area contributed by atoms with Gasteiger partial charge in [0.25, 0.3) is 0 Å². The minimum Gasteiger partial charge on any atom is -0.335 e. The Hall–Kier alpha value is -0.870. The first kappa shape index (κ1) is 9.22. The van der Waals surface area contributed by atoms with E-state index in [1.165, 1.54) is 0 Å². The SMILES string of the molecule is CCc1nccn1CCC(N)N. The van der Waals surface area contributed by atoms with Crippen LogP contribution in [0.15, 0.2) is 12.4 Å². The lowest BCUT2D eigenvalue weighted by Crippen LogP contribution is -2.31. The molecule has 1 aromatic rings. The highest BCUT2D eigenvalue weighted by Crippen LogP contribution is 1.99. The van der Waals surface area contributed by atoms with Gasteiger partial charge in [-0.05, 0) is 6.42 Å². The number of hydrogen-bond donors (Lipinski definition) is 2. The summed E-state index contributed by atoms with van der Waals surface area (Å²) in [5.41, 5.74) is 10.9. The summed E-state index contributed by atoms with van der Waals surface area (Å²) in [5, 5.41) is 0. The third kappa shape index (κ3) is 2.32. The van der Waals surface area contributed by atoms with Crippen LogP contribution in [-0.4, -0.2) is 15.7 Å². The maximum atomic E-state index is 5.44. The van der Waals surface area contributed by atoms with Gasteiger partial charge in [0, 0.05) is 25.4 Å². The monoisotopic (exact) mass is 168 g/mol. The zero-order chi connectivity index (χ0) is 8.97. The van der Waals surface area contributed by atoms with Gasteiger partial charge in [-0.15, -0.1) is 0 Å². The molecule has 4 nitrogen and oxygen atoms in total. The molecular formula is C8H16N4. The van der Waals surface area contributed by atoms with Crippen molar-refractivity contribution < 1.29 is 0 Å². The summed E-state index contributed by atoms with van der Waals surface area (Å²) in [6, 6.07) is 0. The Labute approximate surface area is 72.6 Å². The average Bonchev–Trinajstić information content (AvgIpc) is 2.47. The van der Waals surface area contributed by atoms with Gasteiger partial charge in [0.2, 0.25) is 0 Å². The predicted octanol–water partition coefficient (Wildman–Crippen LogP) is 0.0791. The van der Waals surface area contributed by atoms with E-state index < -0.39 is 0 Å². The molecule has 0 unspecified atom stereocenters. The smallest absolute Gasteiger partial charge is 0.108 e.